The first-order chi connectivity index (χ1) is 16.4. The molecule has 0 amide bonds. The molecule has 6 nitrogen and oxygen atoms in total. The zero-order valence-electron chi connectivity index (χ0n) is 18.9. The van der Waals surface area contributed by atoms with Gasteiger partial charge >= 0.3 is 5.97 Å². The topological polar surface area (TPSA) is 92.7 Å². The predicted octanol–water partition coefficient (Wildman–Crippen LogP) is 5.77. The monoisotopic (exact) mass is 479 g/mol. The molecule has 178 valence electrons. The highest BCUT2D eigenvalue weighted by molar-refractivity contribution is 7.92. The van der Waals surface area contributed by atoms with E-state index in [1.54, 1.807) is 42.5 Å². The van der Waals surface area contributed by atoms with Crippen LogP contribution in [0.2, 0.25) is 0 Å². The molecule has 0 fully saturated rings. The average molecular weight is 480 g/mol. The first kappa shape index (κ1) is 25.1. The van der Waals surface area contributed by atoms with Crippen molar-refractivity contribution in [3.8, 4) is 5.75 Å². The molecule has 0 bridgehead atoms. The van der Waals surface area contributed by atoms with Crippen molar-refractivity contribution >= 4 is 27.8 Å². The zero-order valence-corrected chi connectivity index (χ0v) is 19.7. The molecule has 3 aromatic rings. The summed E-state index contributed by atoms with van der Waals surface area (Å²) >= 11 is 0. The summed E-state index contributed by atoms with van der Waals surface area (Å²) in [5, 5.41) is 8.88. The number of carbonyl (C=O) groups is 1. The van der Waals surface area contributed by atoms with E-state index in [0.29, 0.717) is 18.7 Å². The number of rotatable bonds is 13. The van der Waals surface area contributed by atoms with Gasteiger partial charge in [0.2, 0.25) is 0 Å². The Kier molecular flexibility index (Phi) is 9.29. The van der Waals surface area contributed by atoms with Crippen LogP contribution in [-0.2, 0) is 21.2 Å². The summed E-state index contributed by atoms with van der Waals surface area (Å²) in [6.45, 7) is 0.564. The van der Waals surface area contributed by atoms with Crippen molar-refractivity contribution in [2.45, 2.75) is 37.0 Å². The zero-order chi connectivity index (χ0) is 24.2. The third kappa shape index (κ3) is 8.08. The van der Waals surface area contributed by atoms with Gasteiger partial charge in [0, 0.05) is 12.1 Å². The van der Waals surface area contributed by atoms with Crippen LogP contribution in [-0.4, -0.2) is 26.1 Å². The van der Waals surface area contributed by atoms with Crippen molar-refractivity contribution in [1.29, 1.82) is 0 Å². The van der Waals surface area contributed by atoms with Gasteiger partial charge in [-0.3, -0.25) is 9.52 Å². The van der Waals surface area contributed by atoms with Gasteiger partial charge in [0.05, 0.1) is 11.5 Å². The van der Waals surface area contributed by atoms with Gasteiger partial charge in [-0.05, 0) is 67.1 Å². The van der Waals surface area contributed by atoms with Crippen LogP contribution in [0.5, 0.6) is 5.75 Å². The summed E-state index contributed by atoms with van der Waals surface area (Å²) in [6, 6.07) is 23.1. The standard InChI is InChI=1S/C27H29NO5S/c29-27(30)19-18-23-13-7-8-17-26(23)33-20-9-2-1-4-11-22-12-10-14-24(21-22)28-34(31,32)25-15-5-3-6-16-25/h3-8,10-17,21,28H,1-2,9,18-20H2,(H,29,30)/b11-4+. The smallest absolute Gasteiger partial charge is 0.303 e. The third-order valence-electron chi connectivity index (χ3n) is 5.11. The maximum Gasteiger partial charge on any atom is 0.303 e. The fourth-order valence-electron chi connectivity index (χ4n) is 3.38. The van der Waals surface area contributed by atoms with Crippen LogP contribution in [0, 0.1) is 0 Å². The molecule has 0 aromatic heterocycles. The number of nitrogens with one attached hydrogen (secondary N) is 1. The number of allylic oxidation sites excluding steroid dienone is 1. The van der Waals surface area contributed by atoms with Crippen molar-refractivity contribution in [3.63, 3.8) is 0 Å². The Morgan fingerprint density at radius 3 is 2.50 bits per heavy atom. The number of anilines is 1. The van der Waals surface area contributed by atoms with Crippen LogP contribution in [0.15, 0.2) is 89.8 Å². The Hall–Kier alpha value is -3.58. The second-order valence-corrected chi connectivity index (χ2v) is 9.47. The van der Waals surface area contributed by atoms with Crippen molar-refractivity contribution < 1.29 is 23.1 Å². The van der Waals surface area contributed by atoms with Crippen molar-refractivity contribution in [2.24, 2.45) is 0 Å². The SMILES string of the molecule is O=C(O)CCc1ccccc1OCCCC/C=C/c1cccc(NS(=O)(=O)c2ccccc2)c1. The molecule has 0 saturated carbocycles. The molecule has 0 atom stereocenters. The van der Waals surface area contributed by atoms with E-state index in [1.807, 2.05) is 42.5 Å². The Labute approximate surface area is 201 Å². The van der Waals surface area contributed by atoms with Gasteiger partial charge in [0.1, 0.15) is 5.75 Å². The number of hydrogen-bond donors (Lipinski definition) is 2. The lowest BCUT2D eigenvalue weighted by Gasteiger charge is -2.10. The van der Waals surface area contributed by atoms with Gasteiger partial charge in [0.25, 0.3) is 10.0 Å². The molecule has 7 heteroatoms. The number of unbranched alkanes of at least 4 members (excludes halogenated alkanes) is 2. The number of carboxylic acids is 1. The molecule has 0 aliphatic carbocycles. The van der Waals surface area contributed by atoms with E-state index in [0.717, 1.165) is 36.1 Å². The second kappa shape index (κ2) is 12.6. The van der Waals surface area contributed by atoms with Crippen molar-refractivity contribution in [2.75, 3.05) is 11.3 Å². The van der Waals surface area contributed by atoms with Crippen molar-refractivity contribution in [3.05, 3.63) is 96.1 Å². The van der Waals surface area contributed by atoms with E-state index < -0.39 is 16.0 Å². The molecule has 0 radical (unpaired) electrons. The van der Waals surface area contributed by atoms with Crippen LogP contribution >= 0.6 is 0 Å². The van der Waals surface area contributed by atoms with Crippen LogP contribution in [0.4, 0.5) is 5.69 Å². The number of aliphatic carboxylic acids is 1. The van der Waals surface area contributed by atoms with Crippen LogP contribution in [0.3, 0.4) is 0 Å². The van der Waals surface area contributed by atoms with Gasteiger partial charge in [-0.2, -0.15) is 0 Å². The summed E-state index contributed by atoms with van der Waals surface area (Å²) in [7, 11) is -3.62. The van der Waals surface area contributed by atoms with Gasteiger partial charge in [0.15, 0.2) is 0 Å². The normalized spacial score (nSPS) is 11.4. The largest absolute Gasteiger partial charge is 0.493 e. The highest BCUT2D eigenvalue weighted by Crippen LogP contribution is 2.20. The molecule has 0 saturated heterocycles. The molecular weight excluding hydrogens is 450 g/mol. The molecule has 34 heavy (non-hydrogen) atoms. The third-order valence-corrected chi connectivity index (χ3v) is 6.50. The van der Waals surface area contributed by atoms with Crippen LogP contribution < -0.4 is 9.46 Å². The Balaban J connectivity index is 1.43. The number of benzene rings is 3. The first-order valence-electron chi connectivity index (χ1n) is 11.2. The Morgan fingerprint density at radius 2 is 1.71 bits per heavy atom. The molecule has 0 unspecified atom stereocenters. The lowest BCUT2D eigenvalue weighted by Crippen LogP contribution is -2.12. The minimum Gasteiger partial charge on any atom is -0.493 e. The van der Waals surface area contributed by atoms with Crippen molar-refractivity contribution in [1.82, 2.24) is 0 Å². The predicted molar refractivity (Wildman–Crippen MR) is 134 cm³/mol. The summed E-state index contributed by atoms with van der Waals surface area (Å²) in [5.41, 5.74) is 2.34. The van der Waals surface area contributed by atoms with E-state index in [2.05, 4.69) is 10.8 Å². The fraction of sp³-hybridized carbons (Fsp3) is 0.222. The molecule has 0 aliphatic rings. The Bertz CT molecular complexity index is 1210. The van der Waals surface area contributed by atoms with Gasteiger partial charge in [-0.25, -0.2) is 8.42 Å². The number of aryl methyl sites for hydroxylation is 1. The van der Waals surface area contributed by atoms with E-state index in [9.17, 15) is 13.2 Å². The summed E-state index contributed by atoms with van der Waals surface area (Å²) in [5.74, 6) is -0.0743. The lowest BCUT2D eigenvalue weighted by molar-refractivity contribution is -0.136. The van der Waals surface area contributed by atoms with Crippen LogP contribution in [0.25, 0.3) is 6.08 Å². The highest BCUT2D eigenvalue weighted by Gasteiger charge is 2.13. The summed E-state index contributed by atoms with van der Waals surface area (Å²) in [6.07, 6.45) is 7.25. The maximum atomic E-state index is 12.5. The van der Waals surface area contributed by atoms with Gasteiger partial charge < -0.3 is 9.84 Å². The Morgan fingerprint density at radius 1 is 0.941 bits per heavy atom. The van der Waals surface area contributed by atoms with E-state index in [4.69, 9.17) is 9.84 Å². The van der Waals surface area contributed by atoms with Gasteiger partial charge in [-0.1, -0.05) is 60.7 Å². The number of para-hydroxylation sites is 1. The molecule has 3 aromatic carbocycles. The van der Waals surface area contributed by atoms with Gasteiger partial charge in [-0.15, -0.1) is 0 Å². The fourth-order valence-corrected chi connectivity index (χ4v) is 4.45. The number of carboxylic acid groups (broad SMARTS) is 1. The average Bonchev–Trinajstić information content (AvgIpc) is 2.83. The first-order valence-corrected chi connectivity index (χ1v) is 12.7. The molecule has 2 N–H and O–H groups in total. The number of sulfonamides is 1. The molecule has 0 heterocycles. The minimum atomic E-state index is -3.62. The molecule has 3 rings (SSSR count). The lowest BCUT2D eigenvalue weighted by atomic mass is 10.1. The second-order valence-electron chi connectivity index (χ2n) is 7.79. The minimum absolute atomic E-state index is 0.0834. The highest BCUT2D eigenvalue weighted by atomic mass is 32.2. The van der Waals surface area contributed by atoms with Crippen LogP contribution in [0.1, 0.15) is 36.8 Å². The quantitative estimate of drug-likeness (QED) is 0.304. The van der Waals surface area contributed by atoms with E-state index in [-0.39, 0.29) is 11.3 Å². The molecule has 0 aliphatic heterocycles. The number of hydrogen-bond acceptors (Lipinski definition) is 4. The maximum absolute atomic E-state index is 12.5. The van der Waals surface area contributed by atoms with E-state index >= 15 is 0 Å². The molecular formula is C27H29NO5S. The summed E-state index contributed by atoms with van der Waals surface area (Å²) in [4.78, 5) is 11.0. The number of ether oxygens (including phenoxy) is 1. The van der Waals surface area contributed by atoms with E-state index in [1.165, 1.54) is 0 Å². The molecule has 0 spiro atoms. The summed E-state index contributed by atoms with van der Waals surface area (Å²) < 4.78 is 33.5.